The van der Waals surface area contributed by atoms with E-state index in [0.717, 1.165) is 15.6 Å². The molecule has 1 heterocycles. The molecule has 108 valence electrons. The van der Waals surface area contributed by atoms with Gasteiger partial charge in [0, 0.05) is 15.2 Å². The van der Waals surface area contributed by atoms with Gasteiger partial charge in [-0.15, -0.1) is 0 Å². The molecule has 0 amide bonds. The number of benzene rings is 1. The summed E-state index contributed by atoms with van der Waals surface area (Å²) in [4.78, 5) is 4.31. The molecule has 0 radical (unpaired) electrons. The van der Waals surface area contributed by atoms with Crippen molar-refractivity contribution in [2.75, 3.05) is 13.2 Å². The molecule has 0 saturated heterocycles. The Labute approximate surface area is 136 Å². The van der Waals surface area contributed by atoms with Crippen molar-refractivity contribution in [2.24, 2.45) is 5.73 Å². The van der Waals surface area contributed by atoms with E-state index in [-0.39, 0.29) is 0 Å². The summed E-state index contributed by atoms with van der Waals surface area (Å²) in [6, 6.07) is 5.11. The molecule has 7 heteroatoms. The van der Waals surface area contributed by atoms with Gasteiger partial charge in [0.05, 0.1) is 18.2 Å². The number of rotatable bonds is 6. The van der Waals surface area contributed by atoms with Gasteiger partial charge in [-0.1, -0.05) is 23.7 Å². The minimum absolute atomic E-state index is 0.374. The minimum Gasteiger partial charge on any atom is -0.379 e. The first-order valence-corrected chi connectivity index (χ1v) is 7.69. The highest BCUT2D eigenvalue weighted by atomic mass is 127. The molecule has 0 aliphatic rings. The number of ether oxygens (including phenoxy) is 1. The predicted octanol–water partition coefficient (Wildman–Crippen LogP) is 3.42. The van der Waals surface area contributed by atoms with Crippen LogP contribution in [0.4, 0.5) is 0 Å². The Hall–Kier alpha value is -0.700. The summed E-state index contributed by atoms with van der Waals surface area (Å²) >= 11 is 8.18. The van der Waals surface area contributed by atoms with Gasteiger partial charge in [-0.05, 0) is 47.2 Å². The van der Waals surface area contributed by atoms with Crippen LogP contribution >= 0.6 is 34.2 Å². The van der Waals surface area contributed by atoms with Gasteiger partial charge in [0.1, 0.15) is 0 Å². The SMILES string of the molecule is CCCOCC(N)c1noc(-c2cc(Cl)ccc2I)n1. The predicted molar refractivity (Wildman–Crippen MR) is 85.5 cm³/mol. The van der Waals surface area contributed by atoms with Crippen molar-refractivity contribution in [1.29, 1.82) is 0 Å². The van der Waals surface area contributed by atoms with Gasteiger partial charge in [-0.2, -0.15) is 4.98 Å². The van der Waals surface area contributed by atoms with Crippen LogP contribution in [0.2, 0.25) is 5.02 Å². The fourth-order valence-electron chi connectivity index (χ4n) is 1.59. The van der Waals surface area contributed by atoms with Crippen LogP contribution in [-0.4, -0.2) is 23.4 Å². The van der Waals surface area contributed by atoms with Crippen LogP contribution < -0.4 is 5.73 Å². The zero-order valence-electron chi connectivity index (χ0n) is 11.0. The second-order valence-electron chi connectivity index (χ2n) is 4.26. The monoisotopic (exact) mass is 407 g/mol. The van der Waals surface area contributed by atoms with Crippen molar-refractivity contribution in [3.63, 3.8) is 0 Å². The maximum absolute atomic E-state index is 5.98. The Morgan fingerprint density at radius 1 is 1.50 bits per heavy atom. The van der Waals surface area contributed by atoms with Crippen molar-refractivity contribution in [3.05, 3.63) is 32.6 Å². The number of aromatic nitrogens is 2. The average molecular weight is 408 g/mol. The summed E-state index contributed by atoms with van der Waals surface area (Å²) in [5, 5.41) is 4.53. The summed E-state index contributed by atoms with van der Waals surface area (Å²) in [5.41, 5.74) is 6.76. The van der Waals surface area contributed by atoms with Gasteiger partial charge in [0.2, 0.25) is 0 Å². The molecular weight excluding hydrogens is 393 g/mol. The molecule has 2 aromatic rings. The van der Waals surface area contributed by atoms with Crippen molar-refractivity contribution in [3.8, 4) is 11.5 Å². The summed E-state index contributed by atoms with van der Waals surface area (Å²) < 4.78 is 11.6. The fourth-order valence-corrected chi connectivity index (χ4v) is 2.32. The highest BCUT2D eigenvalue weighted by molar-refractivity contribution is 14.1. The number of hydrogen-bond donors (Lipinski definition) is 1. The Morgan fingerprint density at radius 3 is 3.05 bits per heavy atom. The largest absolute Gasteiger partial charge is 0.379 e. The van der Waals surface area contributed by atoms with E-state index in [4.69, 9.17) is 26.6 Å². The van der Waals surface area contributed by atoms with Crippen molar-refractivity contribution < 1.29 is 9.26 Å². The molecule has 0 aliphatic heterocycles. The quantitative estimate of drug-likeness (QED) is 0.587. The maximum atomic E-state index is 5.98. The third-order valence-electron chi connectivity index (χ3n) is 2.58. The summed E-state index contributed by atoms with van der Waals surface area (Å²) in [7, 11) is 0. The highest BCUT2D eigenvalue weighted by Crippen LogP contribution is 2.27. The van der Waals surface area contributed by atoms with Crippen LogP contribution in [0, 0.1) is 3.57 Å². The van der Waals surface area contributed by atoms with Gasteiger partial charge in [0.15, 0.2) is 5.82 Å². The van der Waals surface area contributed by atoms with Crippen molar-refractivity contribution in [1.82, 2.24) is 10.1 Å². The molecule has 1 aromatic carbocycles. The van der Waals surface area contributed by atoms with E-state index in [1.165, 1.54) is 0 Å². The lowest BCUT2D eigenvalue weighted by molar-refractivity contribution is 0.119. The zero-order valence-corrected chi connectivity index (χ0v) is 13.9. The third-order valence-corrected chi connectivity index (χ3v) is 3.75. The molecule has 1 atom stereocenters. The van der Waals surface area contributed by atoms with E-state index in [9.17, 15) is 0 Å². The maximum Gasteiger partial charge on any atom is 0.259 e. The first-order valence-electron chi connectivity index (χ1n) is 6.24. The Bertz CT molecular complexity index is 576. The molecule has 0 bridgehead atoms. The highest BCUT2D eigenvalue weighted by Gasteiger charge is 2.17. The second-order valence-corrected chi connectivity index (χ2v) is 5.86. The molecule has 0 spiro atoms. The molecule has 20 heavy (non-hydrogen) atoms. The smallest absolute Gasteiger partial charge is 0.259 e. The standard InChI is InChI=1S/C13H15ClIN3O2/c1-2-5-19-7-11(16)12-17-13(20-18-12)9-6-8(14)3-4-10(9)15/h3-4,6,11H,2,5,7,16H2,1H3. The number of nitrogens with two attached hydrogens (primary N) is 1. The lowest BCUT2D eigenvalue weighted by Gasteiger charge is -2.06. The van der Waals surface area contributed by atoms with Crippen LogP contribution in [0.25, 0.3) is 11.5 Å². The molecule has 2 rings (SSSR count). The van der Waals surface area contributed by atoms with E-state index >= 15 is 0 Å². The average Bonchev–Trinajstić information content (AvgIpc) is 2.91. The molecular formula is C13H15ClIN3O2. The topological polar surface area (TPSA) is 74.2 Å². The number of hydrogen-bond acceptors (Lipinski definition) is 5. The number of halogens is 2. The van der Waals surface area contributed by atoms with E-state index in [2.05, 4.69) is 32.7 Å². The van der Waals surface area contributed by atoms with Crippen LogP contribution in [0.5, 0.6) is 0 Å². The molecule has 1 aromatic heterocycles. The fraction of sp³-hybridized carbons (Fsp3) is 0.385. The van der Waals surface area contributed by atoms with E-state index < -0.39 is 6.04 Å². The minimum atomic E-state index is -0.393. The molecule has 0 saturated carbocycles. The van der Waals surface area contributed by atoms with Gasteiger partial charge in [0.25, 0.3) is 5.89 Å². The van der Waals surface area contributed by atoms with E-state index in [1.54, 1.807) is 6.07 Å². The lowest BCUT2D eigenvalue weighted by atomic mass is 10.2. The first-order chi connectivity index (χ1) is 9.61. The first kappa shape index (κ1) is 15.7. The molecule has 0 aliphatic carbocycles. The van der Waals surface area contributed by atoms with Crippen LogP contribution in [-0.2, 0) is 4.74 Å². The Kier molecular flexibility index (Phi) is 5.76. The number of nitrogens with zero attached hydrogens (tertiary/aromatic N) is 2. The second kappa shape index (κ2) is 7.35. The van der Waals surface area contributed by atoms with E-state index in [1.807, 2.05) is 19.1 Å². The zero-order chi connectivity index (χ0) is 14.5. The van der Waals surface area contributed by atoms with Crippen LogP contribution in [0.3, 0.4) is 0 Å². The van der Waals surface area contributed by atoms with Gasteiger partial charge >= 0.3 is 0 Å². The van der Waals surface area contributed by atoms with Crippen LogP contribution in [0.15, 0.2) is 22.7 Å². The van der Waals surface area contributed by atoms with Crippen molar-refractivity contribution >= 4 is 34.2 Å². The Balaban J connectivity index is 2.14. The third kappa shape index (κ3) is 3.91. The van der Waals surface area contributed by atoms with Gasteiger partial charge in [-0.3, -0.25) is 0 Å². The van der Waals surface area contributed by atoms with Crippen LogP contribution in [0.1, 0.15) is 25.2 Å². The van der Waals surface area contributed by atoms with Gasteiger partial charge < -0.3 is 15.0 Å². The molecule has 5 nitrogen and oxygen atoms in total. The normalized spacial score (nSPS) is 12.6. The Morgan fingerprint density at radius 2 is 2.30 bits per heavy atom. The summed E-state index contributed by atoms with van der Waals surface area (Å²) in [6.45, 7) is 3.09. The summed E-state index contributed by atoms with van der Waals surface area (Å²) in [6.07, 6.45) is 0.949. The molecule has 2 N–H and O–H groups in total. The summed E-state index contributed by atoms with van der Waals surface area (Å²) in [5.74, 6) is 0.852. The van der Waals surface area contributed by atoms with Gasteiger partial charge in [-0.25, -0.2) is 0 Å². The van der Waals surface area contributed by atoms with Crippen molar-refractivity contribution in [2.45, 2.75) is 19.4 Å². The lowest BCUT2D eigenvalue weighted by Crippen LogP contribution is -2.18. The van der Waals surface area contributed by atoms with E-state index in [0.29, 0.717) is 30.0 Å². The molecule has 0 fully saturated rings. The molecule has 1 unspecified atom stereocenters.